The highest BCUT2D eigenvalue weighted by atomic mass is 19.1. The predicted molar refractivity (Wildman–Crippen MR) is 101 cm³/mol. The minimum absolute atomic E-state index is 0.0889. The number of aliphatic hydroxyl groups excluding tert-OH is 1. The normalized spacial score (nSPS) is 17.0. The van der Waals surface area contributed by atoms with Gasteiger partial charge in [0.25, 0.3) is 5.91 Å². The molecule has 1 aliphatic rings. The fourth-order valence-electron chi connectivity index (χ4n) is 3.67. The van der Waals surface area contributed by atoms with Crippen molar-refractivity contribution >= 4 is 16.7 Å². The number of likely N-dealkylation sites (tertiary alicyclic amines) is 1. The van der Waals surface area contributed by atoms with E-state index in [1.807, 2.05) is 36.4 Å². The number of aliphatic hydroxyl groups is 1. The first-order valence-electron chi connectivity index (χ1n) is 8.81. The predicted octanol–water partition coefficient (Wildman–Crippen LogP) is 4.16. The van der Waals surface area contributed by atoms with E-state index in [0.29, 0.717) is 36.2 Å². The van der Waals surface area contributed by atoms with Crippen molar-refractivity contribution in [1.29, 1.82) is 0 Å². The maximum absolute atomic E-state index is 14.7. The van der Waals surface area contributed by atoms with Gasteiger partial charge in [-0.3, -0.25) is 4.79 Å². The van der Waals surface area contributed by atoms with E-state index in [0.717, 1.165) is 16.3 Å². The molecule has 1 atom stereocenters. The Kier molecular flexibility index (Phi) is 4.21. The van der Waals surface area contributed by atoms with Crippen LogP contribution in [0.15, 0.2) is 54.6 Å². The molecule has 132 valence electrons. The fraction of sp³-hybridized carbons (Fsp3) is 0.227. The van der Waals surface area contributed by atoms with Gasteiger partial charge in [0.05, 0.1) is 6.10 Å². The van der Waals surface area contributed by atoms with Crippen molar-refractivity contribution in [3.63, 3.8) is 0 Å². The Labute approximate surface area is 151 Å². The summed E-state index contributed by atoms with van der Waals surface area (Å²) in [6, 6.07) is 16.5. The molecule has 0 bridgehead atoms. The van der Waals surface area contributed by atoms with Crippen LogP contribution in [0.1, 0.15) is 22.3 Å². The summed E-state index contributed by atoms with van der Waals surface area (Å²) in [5.74, 6) is -0.326. The zero-order valence-electron chi connectivity index (χ0n) is 14.6. The molecular weight excluding hydrogens is 329 g/mol. The van der Waals surface area contributed by atoms with E-state index >= 15 is 0 Å². The first kappa shape index (κ1) is 16.7. The van der Waals surface area contributed by atoms with Crippen LogP contribution in [0.2, 0.25) is 0 Å². The molecule has 1 amide bonds. The van der Waals surface area contributed by atoms with E-state index in [2.05, 4.69) is 0 Å². The van der Waals surface area contributed by atoms with Crippen molar-refractivity contribution in [1.82, 2.24) is 4.90 Å². The average Bonchev–Trinajstić information content (AvgIpc) is 3.09. The quantitative estimate of drug-likeness (QED) is 0.755. The van der Waals surface area contributed by atoms with Crippen molar-refractivity contribution in [2.45, 2.75) is 19.4 Å². The number of aryl methyl sites for hydroxylation is 1. The second-order valence-corrected chi connectivity index (χ2v) is 6.84. The third-order valence-corrected chi connectivity index (χ3v) is 5.09. The molecule has 1 N–H and O–H groups in total. The maximum Gasteiger partial charge on any atom is 0.254 e. The highest BCUT2D eigenvalue weighted by Gasteiger charge is 2.26. The molecule has 3 nitrogen and oxygen atoms in total. The second-order valence-electron chi connectivity index (χ2n) is 6.84. The molecule has 0 aromatic heterocycles. The number of β-amino-alcohol motifs (C(OH)–C–C–N with tert-alkyl or cyclic N) is 1. The molecule has 1 heterocycles. The molecule has 4 rings (SSSR count). The van der Waals surface area contributed by atoms with Crippen LogP contribution in [0.25, 0.3) is 21.9 Å². The third-order valence-electron chi connectivity index (χ3n) is 5.09. The number of carbonyl (C=O) groups is 1. The van der Waals surface area contributed by atoms with Gasteiger partial charge in [-0.05, 0) is 41.3 Å². The van der Waals surface area contributed by atoms with Gasteiger partial charge in [-0.2, -0.15) is 0 Å². The minimum Gasteiger partial charge on any atom is -0.391 e. The summed E-state index contributed by atoms with van der Waals surface area (Å²) in [5, 5.41) is 11.4. The number of amides is 1. The van der Waals surface area contributed by atoms with Gasteiger partial charge in [0.1, 0.15) is 5.82 Å². The molecule has 3 aromatic carbocycles. The Bertz CT molecular complexity index is 999. The van der Waals surface area contributed by atoms with Gasteiger partial charge in [0, 0.05) is 24.2 Å². The number of halogens is 1. The molecule has 1 aliphatic heterocycles. The topological polar surface area (TPSA) is 40.5 Å². The van der Waals surface area contributed by atoms with Crippen LogP contribution >= 0.6 is 0 Å². The van der Waals surface area contributed by atoms with Gasteiger partial charge in [0.15, 0.2) is 0 Å². The first-order chi connectivity index (χ1) is 12.6. The molecule has 1 unspecified atom stereocenters. The average molecular weight is 349 g/mol. The number of benzene rings is 3. The van der Waals surface area contributed by atoms with Crippen molar-refractivity contribution in [3.05, 3.63) is 71.5 Å². The highest BCUT2D eigenvalue weighted by Crippen LogP contribution is 2.34. The van der Waals surface area contributed by atoms with Gasteiger partial charge in [-0.1, -0.05) is 48.5 Å². The number of hydrogen-bond donors (Lipinski definition) is 1. The molecule has 3 aromatic rings. The molecule has 1 fully saturated rings. The van der Waals surface area contributed by atoms with Gasteiger partial charge in [-0.15, -0.1) is 0 Å². The Morgan fingerprint density at radius 2 is 1.81 bits per heavy atom. The molecule has 0 radical (unpaired) electrons. The number of carbonyl (C=O) groups excluding carboxylic acids is 1. The molecule has 0 saturated carbocycles. The molecular formula is C22H20FNO2. The standard InChI is InChI=1S/C22H20FNO2/c1-14-5-4-8-19(21(14)23)18-9-10-20(17-7-3-2-6-16(17)18)22(26)24-12-11-15(25)13-24/h2-10,15,25H,11-13H2,1H3. The van der Waals surface area contributed by atoms with E-state index in [1.54, 1.807) is 30.0 Å². The summed E-state index contributed by atoms with van der Waals surface area (Å²) in [7, 11) is 0. The zero-order chi connectivity index (χ0) is 18.3. The summed E-state index contributed by atoms with van der Waals surface area (Å²) in [5.41, 5.74) is 2.50. The van der Waals surface area contributed by atoms with Crippen LogP contribution in [0.5, 0.6) is 0 Å². The number of fused-ring (bicyclic) bond motifs is 1. The van der Waals surface area contributed by atoms with Crippen molar-refractivity contribution in [2.24, 2.45) is 0 Å². The van der Waals surface area contributed by atoms with Crippen molar-refractivity contribution in [2.75, 3.05) is 13.1 Å². The lowest BCUT2D eigenvalue weighted by Crippen LogP contribution is -2.29. The zero-order valence-corrected chi connectivity index (χ0v) is 14.6. The summed E-state index contributed by atoms with van der Waals surface area (Å²) in [6.45, 7) is 2.67. The highest BCUT2D eigenvalue weighted by molar-refractivity contribution is 6.11. The lowest BCUT2D eigenvalue weighted by molar-refractivity contribution is 0.0767. The molecule has 0 spiro atoms. The molecule has 4 heteroatoms. The minimum atomic E-state index is -0.453. The smallest absolute Gasteiger partial charge is 0.254 e. The number of rotatable bonds is 2. The summed E-state index contributed by atoms with van der Waals surface area (Å²) >= 11 is 0. The van der Waals surface area contributed by atoms with Gasteiger partial charge in [-0.25, -0.2) is 4.39 Å². The van der Waals surface area contributed by atoms with Gasteiger partial charge >= 0.3 is 0 Å². The lowest BCUT2D eigenvalue weighted by Gasteiger charge is -2.18. The van der Waals surface area contributed by atoms with E-state index in [-0.39, 0.29) is 11.7 Å². The van der Waals surface area contributed by atoms with E-state index < -0.39 is 6.10 Å². The number of nitrogens with zero attached hydrogens (tertiary/aromatic N) is 1. The Morgan fingerprint density at radius 1 is 1.04 bits per heavy atom. The van der Waals surface area contributed by atoms with Crippen LogP contribution in [0, 0.1) is 12.7 Å². The largest absolute Gasteiger partial charge is 0.391 e. The van der Waals surface area contributed by atoms with E-state index in [1.165, 1.54) is 0 Å². The van der Waals surface area contributed by atoms with Crippen molar-refractivity contribution in [3.8, 4) is 11.1 Å². The monoisotopic (exact) mass is 349 g/mol. The molecule has 1 saturated heterocycles. The van der Waals surface area contributed by atoms with Crippen LogP contribution in [0.4, 0.5) is 4.39 Å². The van der Waals surface area contributed by atoms with Crippen LogP contribution in [-0.2, 0) is 0 Å². The maximum atomic E-state index is 14.7. The second kappa shape index (κ2) is 6.54. The summed E-state index contributed by atoms with van der Waals surface area (Å²) in [4.78, 5) is 14.6. The third kappa shape index (κ3) is 2.76. The summed E-state index contributed by atoms with van der Waals surface area (Å²) in [6.07, 6.45) is 0.155. The van der Waals surface area contributed by atoms with E-state index in [4.69, 9.17) is 0 Å². The molecule has 0 aliphatic carbocycles. The van der Waals surface area contributed by atoms with E-state index in [9.17, 15) is 14.3 Å². The Balaban J connectivity index is 1.86. The van der Waals surface area contributed by atoms with Crippen LogP contribution in [-0.4, -0.2) is 35.1 Å². The number of hydrogen-bond acceptors (Lipinski definition) is 2. The Morgan fingerprint density at radius 3 is 2.54 bits per heavy atom. The van der Waals surface area contributed by atoms with Crippen molar-refractivity contribution < 1.29 is 14.3 Å². The van der Waals surface area contributed by atoms with Crippen LogP contribution < -0.4 is 0 Å². The first-order valence-corrected chi connectivity index (χ1v) is 8.81. The van der Waals surface area contributed by atoms with Gasteiger partial charge < -0.3 is 10.0 Å². The fourth-order valence-corrected chi connectivity index (χ4v) is 3.67. The molecule has 26 heavy (non-hydrogen) atoms. The Hall–Kier alpha value is -2.72. The SMILES string of the molecule is Cc1cccc(-c2ccc(C(=O)N3CCC(O)C3)c3ccccc23)c1F. The van der Waals surface area contributed by atoms with Gasteiger partial charge in [0.2, 0.25) is 0 Å². The summed E-state index contributed by atoms with van der Waals surface area (Å²) < 4.78 is 14.7. The lowest BCUT2D eigenvalue weighted by atomic mass is 9.93. The van der Waals surface area contributed by atoms with Crippen LogP contribution in [0.3, 0.4) is 0 Å².